The molecule has 5 heteroatoms. The molecule has 9 heavy (non-hydrogen) atoms. The van der Waals surface area contributed by atoms with Gasteiger partial charge in [0.2, 0.25) is 0 Å². The largest absolute Gasteiger partial charge is 0.382 e. The van der Waals surface area contributed by atoms with Gasteiger partial charge in [-0.15, -0.1) is 12.6 Å². The predicted molar refractivity (Wildman–Crippen MR) is 38.5 cm³/mol. The molecule has 0 radical (unpaired) electrons. The maximum Gasteiger partial charge on any atom is 0.154 e. The first-order valence-corrected chi connectivity index (χ1v) is 3.36. The Morgan fingerprint density at radius 1 is 1.78 bits per heavy atom. The van der Waals surface area contributed by atoms with Crippen LogP contribution in [-0.2, 0) is 0 Å². The van der Waals surface area contributed by atoms with Crippen LogP contribution < -0.4 is 5.73 Å². The van der Waals surface area contributed by atoms with E-state index in [9.17, 15) is 0 Å². The molecule has 1 aromatic rings. The van der Waals surface area contributed by atoms with Gasteiger partial charge in [-0.3, -0.25) is 0 Å². The quantitative estimate of drug-likeness (QED) is 0.550. The molecule has 0 aliphatic heterocycles. The molecule has 0 spiro atoms. The first-order valence-electron chi connectivity index (χ1n) is 2.09. The molecule has 0 saturated carbocycles. The van der Waals surface area contributed by atoms with Crippen molar-refractivity contribution < 1.29 is 0 Å². The molecule has 1 heterocycles. The third-order valence-corrected chi connectivity index (χ3v) is 1.90. The summed E-state index contributed by atoms with van der Waals surface area (Å²) in [5.74, 6) is 0.271. The maximum absolute atomic E-state index is 8.34. The summed E-state index contributed by atoms with van der Waals surface area (Å²) in [5, 5.41) is 8.34. The number of thiazole rings is 1. The Balaban J connectivity index is 3.20. The van der Waals surface area contributed by atoms with Crippen molar-refractivity contribution in [2.45, 2.75) is 4.34 Å². The number of thiol groups is 1. The molecule has 0 unspecified atom stereocenters. The predicted octanol–water partition coefficient (Wildman–Crippen LogP) is 0.886. The van der Waals surface area contributed by atoms with Crippen LogP contribution in [0.4, 0.5) is 5.82 Å². The number of nitriles is 1. The topological polar surface area (TPSA) is 62.7 Å². The number of aromatic nitrogens is 1. The minimum absolute atomic E-state index is 0.271. The van der Waals surface area contributed by atoms with E-state index in [1.54, 1.807) is 0 Å². The van der Waals surface area contributed by atoms with Crippen LogP contribution in [0.3, 0.4) is 0 Å². The van der Waals surface area contributed by atoms with Gasteiger partial charge in [-0.2, -0.15) is 5.26 Å². The third kappa shape index (κ3) is 1.15. The van der Waals surface area contributed by atoms with Crippen molar-refractivity contribution in [3.63, 3.8) is 0 Å². The van der Waals surface area contributed by atoms with Crippen LogP contribution >= 0.6 is 24.0 Å². The monoisotopic (exact) mass is 157 g/mol. The highest BCUT2D eigenvalue weighted by atomic mass is 32.2. The maximum atomic E-state index is 8.34. The lowest BCUT2D eigenvalue weighted by molar-refractivity contribution is 1.27. The summed E-state index contributed by atoms with van der Waals surface area (Å²) < 4.78 is 0.532. The second kappa shape index (κ2) is 2.25. The molecule has 0 aliphatic rings. The molecule has 0 fully saturated rings. The van der Waals surface area contributed by atoms with Crippen molar-refractivity contribution in [3.8, 4) is 6.07 Å². The van der Waals surface area contributed by atoms with Gasteiger partial charge in [0.25, 0.3) is 0 Å². The molecule has 0 bridgehead atoms. The standard InChI is InChI=1S/C4H3N3S2/c5-1-2-3(6)7-4(8)9-2/h6H2,(H,7,8). The van der Waals surface area contributed by atoms with Gasteiger partial charge in [-0.05, 0) is 0 Å². The molecule has 0 atom stereocenters. The average molecular weight is 157 g/mol. The number of hydrogen-bond acceptors (Lipinski definition) is 5. The van der Waals surface area contributed by atoms with E-state index in [-0.39, 0.29) is 5.82 Å². The zero-order valence-corrected chi connectivity index (χ0v) is 6.04. The highest BCUT2D eigenvalue weighted by Crippen LogP contribution is 2.21. The van der Waals surface area contributed by atoms with E-state index in [0.29, 0.717) is 9.22 Å². The lowest BCUT2D eigenvalue weighted by Crippen LogP contribution is -1.85. The van der Waals surface area contributed by atoms with Gasteiger partial charge in [0.15, 0.2) is 10.2 Å². The Morgan fingerprint density at radius 2 is 2.44 bits per heavy atom. The Kier molecular flexibility index (Phi) is 1.60. The summed E-state index contributed by atoms with van der Waals surface area (Å²) in [6.45, 7) is 0. The smallest absolute Gasteiger partial charge is 0.154 e. The normalized spacial score (nSPS) is 8.89. The molecule has 2 N–H and O–H groups in total. The molecule has 0 saturated heterocycles. The Labute approximate surface area is 61.5 Å². The van der Waals surface area contributed by atoms with E-state index in [0.717, 1.165) is 0 Å². The molecule has 1 rings (SSSR count). The molecule has 0 amide bonds. The highest BCUT2D eigenvalue weighted by molar-refractivity contribution is 7.82. The second-order valence-electron chi connectivity index (χ2n) is 1.32. The van der Waals surface area contributed by atoms with E-state index < -0.39 is 0 Å². The second-order valence-corrected chi connectivity index (χ2v) is 3.05. The highest BCUT2D eigenvalue weighted by Gasteiger charge is 2.02. The fourth-order valence-corrected chi connectivity index (χ4v) is 1.30. The summed E-state index contributed by atoms with van der Waals surface area (Å²) in [4.78, 5) is 4.15. The zero-order chi connectivity index (χ0) is 6.85. The summed E-state index contributed by atoms with van der Waals surface area (Å²) in [7, 11) is 0. The van der Waals surface area contributed by atoms with Crippen molar-refractivity contribution in [3.05, 3.63) is 4.88 Å². The van der Waals surface area contributed by atoms with Crippen molar-refractivity contribution in [1.29, 1.82) is 5.26 Å². The van der Waals surface area contributed by atoms with E-state index in [4.69, 9.17) is 11.0 Å². The van der Waals surface area contributed by atoms with E-state index >= 15 is 0 Å². The fraction of sp³-hybridized carbons (Fsp3) is 0. The Morgan fingerprint density at radius 3 is 2.67 bits per heavy atom. The number of nitrogens with zero attached hydrogens (tertiary/aromatic N) is 2. The van der Waals surface area contributed by atoms with Gasteiger partial charge < -0.3 is 5.73 Å². The van der Waals surface area contributed by atoms with Gasteiger partial charge in [-0.1, -0.05) is 11.3 Å². The van der Waals surface area contributed by atoms with Gasteiger partial charge in [-0.25, -0.2) is 4.98 Å². The van der Waals surface area contributed by atoms with Crippen molar-refractivity contribution in [2.24, 2.45) is 0 Å². The van der Waals surface area contributed by atoms with Crippen LogP contribution in [0.25, 0.3) is 0 Å². The number of rotatable bonds is 0. The van der Waals surface area contributed by atoms with Crippen LogP contribution in [0.2, 0.25) is 0 Å². The molecule has 3 nitrogen and oxygen atoms in total. The van der Waals surface area contributed by atoms with E-state index in [1.165, 1.54) is 11.3 Å². The number of hydrogen-bond donors (Lipinski definition) is 2. The Hall–Kier alpha value is -0.730. The summed E-state index contributed by atoms with van der Waals surface area (Å²) >= 11 is 5.09. The van der Waals surface area contributed by atoms with Gasteiger partial charge >= 0.3 is 0 Å². The van der Waals surface area contributed by atoms with E-state index in [1.807, 2.05) is 6.07 Å². The molecule has 46 valence electrons. The average Bonchev–Trinajstić information content (AvgIpc) is 2.10. The summed E-state index contributed by atoms with van der Waals surface area (Å²) in [6, 6.07) is 1.90. The fourth-order valence-electron chi connectivity index (χ4n) is 0.400. The first kappa shape index (κ1) is 6.39. The number of nitrogen functional groups attached to an aromatic ring is 1. The molecule has 0 aromatic carbocycles. The Bertz CT molecular complexity index is 259. The van der Waals surface area contributed by atoms with Crippen molar-refractivity contribution >= 4 is 29.8 Å². The number of anilines is 1. The van der Waals surface area contributed by atoms with Crippen LogP contribution in [0, 0.1) is 11.3 Å². The lowest BCUT2D eigenvalue weighted by atomic mass is 10.6. The molecular formula is C4H3N3S2. The number of nitrogens with two attached hydrogens (primary N) is 1. The zero-order valence-electron chi connectivity index (χ0n) is 4.33. The van der Waals surface area contributed by atoms with E-state index in [2.05, 4.69) is 17.6 Å². The van der Waals surface area contributed by atoms with Crippen LogP contribution in [0.5, 0.6) is 0 Å². The minimum Gasteiger partial charge on any atom is -0.382 e. The SMILES string of the molecule is N#Cc1sc(S)nc1N. The minimum atomic E-state index is 0.271. The lowest BCUT2D eigenvalue weighted by Gasteiger charge is -1.76. The van der Waals surface area contributed by atoms with Crippen molar-refractivity contribution in [1.82, 2.24) is 4.98 Å². The molecule has 0 aliphatic carbocycles. The van der Waals surface area contributed by atoms with Gasteiger partial charge in [0.1, 0.15) is 10.9 Å². The van der Waals surface area contributed by atoms with Crippen LogP contribution in [0.1, 0.15) is 4.88 Å². The van der Waals surface area contributed by atoms with Gasteiger partial charge in [0.05, 0.1) is 0 Å². The van der Waals surface area contributed by atoms with Crippen molar-refractivity contribution in [2.75, 3.05) is 5.73 Å². The van der Waals surface area contributed by atoms with Crippen LogP contribution in [0.15, 0.2) is 4.34 Å². The molecule has 1 aromatic heterocycles. The first-order chi connectivity index (χ1) is 4.24. The van der Waals surface area contributed by atoms with Gasteiger partial charge in [0, 0.05) is 0 Å². The third-order valence-electron chi connectivity index (χ3n) is 0.744. The van der Waals surface area contributed by atoms with Crippen LogP contribution in [-0.4, -0.2) is 4.98 Å². The molecular weight excluding hydrogens is 154 g/mol. The summed E-state index contributed by atoms with van der Waals surface area (Å²) in [5.41, 5.74) is 5.28. The summed E-state index contributed by atoms with van der Waals surface area (Å²) in [6.07, 6.45) is 0.